The van der Waals surface area contributed by atoms with Crippen LogP contribution in [0.3, 0.4) is 0 Å². The molecule has 174 valence electrons. The van der Waals surface area contributed by atoms with Crippen LogP contribution in [-0.4, -0.2) is 72.3 Å². The van der Waals surface area contributed by atoms with Crippen molar-refractivity contribution in [2.75, 3.05) is 46.9 Å². The van der Waals surface area contributed by atoms with E-state index in [2.05, 4.69) is 31.9 Å². The smallest absolute Gasteiger partial charge is 0.317 e. The summed E-state index contributed by atoms with van der Waals surface area (Å²) in [5.74, 6) is 2.32. The summed E-state index contributed by atoms with van der Waals surface area (Å²) < 4.78 is 12.8. The number of amides is 2. The molecule has 2 heterocycles. The van der Waals surface area contributed by atoms with E-state index in [1.165, 1.54) is 0 Å². The molecule has 0 saturated carbocycles. The van der Waals surface area contributed by atoms with Gasteiger partial charge in [-0.05, 0) is 17.7 Å². The van der Waals surface area contributed by atoms with Crippen molar-refractivity contribution in [2.45, 2.75) is 13.1 Å². The van der Waals surface area contributed by atoms with Crippen LogP contribution in [0.4, 0.5) is 4.79 Å². The molecule has 1 aliphatic heterocycles. The van der Waals surface area contributed by atoms with Gasteiger partial charge < -0.3 is 24.3 Å². The number of hydrogen-bond acceptors (Lipinski definition) is 5. The number of methoxy groups -OCH3 is 2. The van der Waals surface area contributed by atoms with Crippen LogP contribution < -0.4 is 14.8 Å². The zero-order chi connectivity index (χ0) is 23.0. The number of carbonyl (C=O) groups is 1. The third-order valence-electron chi connectivity index (χ3n) is 5.96. The van der Waals surface area contributed by atoms with Crippen LogP contribution in [0.1, 0.15) is 5.56 Å². The number of hydrogen-bond donors (Lipinski definition) is 1. The van der Waals surface area contributed by atoms with Gasteiger partial charge in [0, 0.05) is 63.8 Å². The molecule has 8 nitrogen and oxygen atoms in total. The van der Waals surface area contributed by atoms with Crippen LogP contribution in [0, 0.1) is 0 Å². The summed E-state index contributed by atoms with van der Waals surface area (Å²) in [7, 11) is 3.21. The Bertz CT molecular complexity index is 1050. The molecule has 4 rings (SSSR count). The zero-order valence-electron chi connectivity index (χ0n) is 19.2. The molecule has 33 heavy (non-hydrogen) atoms. The number of imidazole rings is 1. The lowest BCUT2D eigenvalue weighted by atomic mass is 10.2. The van der Waals surface area contributed by atoms with Gasteiger partial charge in [0.2, 0.25) is 0 Å². The average Bonchev–Trinajstić information content (AvgIpc) is 3.35. The Balaban J connectivity index is 1.23. The van der Waals surface area contributed by atoms with Gasteiger partial charge >= 0.3 is 6.03 Å². The Labute approximate surface area is 194 Å². The van der Waals surface area contributed by atoms with Crippen molar-refractivity contribution < 1.29 is 14.3 Å². The van der Waals surface area contributed by atoms with Crippen LogP contribution >= 0.6 is 0 Å². The fourth-order valence-electron chi connectivity index (χ4n) is 4.04. The predicted octanol–water partition coefficient (Wildman–Crippen LogP) is 3.09. The Morgan fingerprint density at radius 2 is 1.73 bits per heavy atom. The van der Waals surface area contributed by atoms with Crippen LogP contribution in [0.5, 0.6) is 11.5 Å². The van der Waals surface area contributed by atoms with Gasteiger partial charge in [0.15, 0.2) is 11.5 Å². The second-order valence-corrected chi connectivity index (χ2v) is 7.99. The van der Waals surface area contributed by atoms with Crippen molar-refractivity contribution in [3.05, 3.63) is 66.5 Å². The molecule has 1 fully saturated rings. The molecule has 0 radical (unpaired) electrons. The highest BCUT2D eigenvalue weighted by molar-refractivity contribution is 5.74. The van der Waals surface area contributed by atoms with Crippen molar-refractivity contribution in [1.29, 1.82) is 0 Å². The van der Waals surface area contributed by atoms with E-state index in [1.54, 1.807) is 14.2 Å². The Morgan fingerprint density at radius 3 is 2.45 bits per heavy atom. The van der Waals surface area contributed by atoms with E-state index in [1.807, 2.05) is 53.7 Å². The SMILES string of the molecule is COc1ccc(CNC(=O)N2CCN(CCn3ccnc3-c3ccccc3)CC2)cc1OC. The molecule has 1 saturated heterocycles. The zero-order valence-corrected chi connectivity index (χ0v) is 19.2. The second kappa shape index (κ2) is 10.9. The van der Waals surface area contributed by atoms with Gasteiger partial charge in [-0.2, -0.15) is 0 Å². The molecular formula is C25H31N5O3. The van der Waals surface area contributed by atoms with Crippen molar-refractivity contribution >= 4 is 6.03 Å². The van der Waals surface area contributed by atoms with Gasteiger partial charge in [0.1, 0.15) is 5.82 Å². The van der Waals surface area contributed by atoms with Gasteiger partial charge in [-0.3, -0.25) is 4.90 Å². The van der Waals surface area contributed by atoms with Gasteiger partial charge in [-0.25, -0.2) is 9.78 Å². The molecule has 1 N–H and O–H groups in total. The van der Waals surface area contributed by atoms with Crippen LogP contribution in [0.25, 0.3) is 11.4 Å². The number of urea groups is 1. The molecule has 0 aliphatic carbocycles. The third-order valence-corrected chi connectivity index (χ3v) is 5.96. The molecule has 8 heteroatoms. The highest BCUT2D eigenvalue weighted by Crippen LogP contribution is 2.27. The number of nitrogens with zero attached hydrogens (tertiary/aromatic N) is 4. The molecule has 1 aromatic heterocycles. The molecule has 0 bridgehead atoms. The largest absolute Gasteiger partial charge is 0.493 e. The third kappa shape index (κ3) is 5.64. The fourth-order valence-corrected chi connectivity index (χ4v) is 4.04. The van der Waals surface area contributed by atoms with E-state index in [9.17, 15) is 4.79 Å². The first-order valence-electron chi connectivity index (χ1n) is 11.2. The monoisotopic (exact) mass is 449 g/mol. The standard InChI is InChI=1S/C25H31N5O3/c1-32-22-9-8-20(18-23(22)33-2)19-27-25(31)30-16-13-28(14-17-30)12-15-29-11-10-26-24(29)21-6-4-3-5-7-21/h3-11,18H,12-17,19H2,1-2H3,(H,27,31). The minimum atomic E-state index is -0.0367. The molecule has 2 aromatic carbocycles. The Kier molecular flexibility index (Phi) is 7.47. The summed E-state index contributed by atoms with van der Waals surface area (Å²) >= 11 is 0. The number of benzene rings is 2. The average molecular weight is 450 g/mol. The second-order valence-electron chi connectivity index (χ2n) is 7.99. The van der Waals surface area contributed by atoms with E-state index in [4.69, 9.17) is 9.47 Å². The maximum absolute atomic E-state index is 12.6. The maximum Gasteiger partial charge on any atom is 0.317 e. The molecule has 3 aromatic rings. The van der Waals surface area contributed by atoms with Gasteiger partial charge in [0.25, 0.3) is 0 Å². The fraction of sp³-hybridized carbons (Fsp3) is 0.360. The minimum absolute atomic E-state index is 0.0367. The Hall–Kier alpha value is -3.52. The number of nitrogens with one attached hydrogen (secondary N) is 1. The summed E-state index contributed by atoms with van der Waals surface area (Å²) in [5, 5.41) is 3.01. The number of rotatable bonds is 8. The van der Waals surface area contributed by atoms with Gasteiger partial charge in [-0.1, -0.05) is 36.4 Å². The number of carbonyl (C=O) groups excluding carboxylic acids is 1. The van der Waals surface area contributed by atoms with E-state index in [0.717, 1.165) is 43.1 Å². The predicted molar refractivity (Wildman–Crippen MR) is 127 cm³/mol. The topological polar surface area (TPSA) is 71.9 Å². The molecule has 0 spiro atoms. The summed E-state index contributed by atoms with van der Waals surface area (Å²) in [5.41, 5.74) is 2.09. The first kappa shape index (κ1) is 22.7. The molecule has 0 unspecified atom stereocenters. The van der Waals surface area contributed by atoms with Gasteiger partial charge in [-0.15, -0.1) is 0 Å². The van der Waals surface area contributed by atoms with E-state index >= 15 is 0 Å². The van der Waals surface area contributed by atoms with E-state index in [-0.39, 0.29) is 6.03 Å². The lowest BCUT2D eigenvalue weighted by molar-refractivity contribution is 0.136. The van der Waals surface area contributed by atoms with E-state index in [0.29, 0.717) is 31.1 Å². The summed E-state index contributed by atoms with van der Waals surface area (Å²) in [6.07, 6.45) is 3.88. The minimum Gasteiger partial charge on any atom is -0.493 e. The van der Waals surface area contributed by atoms with Gasteiger partial charge in [0.05, 0.1) is 14.2 Å². The normalized spacial score (nSPS) is 14.2. The van der Waals surface area contributed by atoms with Crippen LogP contribution in [0.2, 0.25) is 0 Å². The molecule has 2 amide bonds. The van der Waals surface area contributed by atoms with Crippen molar-refractivity contribution in [3.63, 3.8) is 0 Å². The molecular weight excluding hydrogens is 418 g/mol. The first-order valence-corrected chi connectivity index (χ1v) is 11.2. The van der Waals surface area contributed by atoms with Crippen molar-refractivity contribution in [3.8, 4) is 22.9 Å². The lowest BCUT2D eigenvalue weighted by Crippen LogP contribution is -2.52. The Morgan fingerprint density at radius 1 is 0.970 bits per heavy atom. The quantitative estimate of drug-likeness (QED) is 0.572. The number of piperazine rings is 1. The number of ether oxygens (including phenoxy) is 2. The highest BCUT2D eigenvalue weighted by atomic mass is 16.5. The summed E-state index contributed by atoms with van der Waals surface area (Å²) in [4.78, 5) is 21.4. The highest BCUT2D eigenvalue weighted by Gasteiger charge is 2.21. The molecule has 1 aliphatic rings. The lowest BCUT2D eigenvalue weighted by Gasteiger charge is -2.34. The number of aromatic nitrogens is 2. The molecule has 0 atom stereocenters. The van der Waals surface area contributed by atoms with E-state index < -0.39 is 0 Å². The summed E-state index contributed by atoms with van der Waals surface area (Å²) in [6.45, 7) is 5.40. The van der Waals surface area contributed by atoms with Crippen LogP contribution in [0.15, 0.2) is 60.9 Å². The maximum atomic E-state index is 12.6. The van der Waals surface area contributed by atoms with Crippen molar-refractivity contribution in [1.82, 2.24) is 24.7 Å². The van der Waals surface area contributed by atoms with Crippen LogP contribution in [-0.2, 0) is 13.1 Å². The summed E-state index contributed by atoms with van der Waals surface area (Å²) in [6, 6.07) is 15.9. The van der Waals surface area contributed by atoms with Crippen molar-refractivity contribution in [2.24, 2.45) is 0 Å². The first-order chi connectivity index (χ1) is 16.2.